The van der Waals surface area contributed by atoms with E-state index < -0.39 is 10.0 Å². The zero-order chi connectivity index (χ0) is 13.2. The number of hydrogen-bond acceptors (Lipinski definition) is 4. The molecule has 8 heteroatoms. The largest absolute Gasteiger partial charge is 0.308 e. The van der Waals surface area contributed by atoms with Gasteiger partial charge in [0, 0.05) is 23.4 Å². The zero-order valence-corrected chi connectivity index (χ0v) is 11.9. The molecule has 2 aromatic rings. The highest BCUT2D eigenvalue weighted by atomic mass is 79.9. The summed E-state index contributed by atoms with van der Waals surface area (Å²) in [4.78, 5) is 2.38. The molecular formula is C10H11BrN4O2S. The number of hydrazine groups is 1. The second-order valence-corrected chi connectivity index (χ2v) is 6.19. The number of halogens is 1. The van der Waals surface area contributed by atoms with Gasteiger partial charge in [-0.05, 0) is 24.3 Å². The highest BCUT2D eigenvalue weighted by Gasteiger charge is 2.15. The van der Waals surface area contributed by atoms with Gasteiger partial charge in [0.2, 0.25) is 0 Å². The lowest BCUT2D eigenvalue weighted by Gasteiger charge is -2.07. The van der Waals surface area contributed by atoms with E-state index in [0.717, 1.165) is 4.47 Å². The van der Waals surface area contributed by atoms with E-state index in [1.807, 2.05) is 0 Å². The molecule has 0 aliphatic carbocycles. The summed E-state index contributed by atoms with van der Waals surface area (Å²) in [5.74, 6) is 0. The van der Waals surface area contributed by atoms with Gasteiger partial charge in [-0.1, -0.05) is 15.9 Å². The molecule has 2 N–H and O–H groups in total. The van der Waals surface area contributed by atoms with Gasteiger partial charge in [0.15, 0.2) is 0 Å². The summed E-state index contributed by atoms with van der Waals surface area (Å²) < 4.78 is 26.0. The lowest BCUT2D eigenvalue weighted by Crippen LogP contribution is -2.29. The van der Waals surface area contributed by atoms with Crippen LogP contribution in [0.15, 0.2) is 46.0 Å². The molecule has 1 aromatic carbocycles. The number of benzene rings is 1. The van der Waals surface area contributed by atoms with E-state index in [1.54, 1.807) is 31.3 Å². The van der Waals surface area contributed by atoms with Crippen LogP contribution in [0.5, 0.6) is 0 Å². The van der Waals surface area contributed by atoms with Gasteiger partial charge in [-0.2, -0.15) is 5.10 Å². The van der Waals surface area contributed by atoms with Crippen molar-refractivity contribution in [1.82, 2.24) is 14.6 Å². The van der Waals surface area contributed by atoms with Crippen molar-refractivity contribution in [3.63, 3.8) is 0 Å². The molecule has 0 fully saturated rings. The van der Waals surface area contributed by atoms with Crippen LogP contribution >= 0.6 is 15.9 Å². The summed E-state index contributed by atoms with van der Waals surface area (Å²) in [5, 5.41) is 3.81. The fourth-order valence-electron chi connectivity index (χ4n) is 1.26. The molecule has 0 radical (unpaired) electrons. The van der Waals surface area contributed by atoms with Gasteiger partial charge in [-0.15, -0.1) is 4.83 Å². The third kappa shape index (κ3) is 3.09. The molecule has 0 saturated heterocycles. The molecule has 96 valence electrons. The molecule has 6 nitrogen and oxygen atoms in total. The first-order valence-electron chi connectivity index (χ1n) is 4.99. The molecule has 0 saturated carbocycles. The third-order valence-corrected chi connectivity index (χ3v) is 3.90. The normalized spacial score (nSPS) is 11.4. The lowest BCUT2D eigenvalue weighted by atomic mass is 10.3. The van der Waals surface area contributed by atoms with Crippen molar-refractivity contribution >= 4 is 31.6 Å². The van der Waals surface area contributed by atoms with Gasteiger partial charge in [-0.3, -0.25) is 4.68 Å². The number of rotatable bonds is 4. The van der Waals surface area contributed by atoms with Crippen LogP contribution < -0.4 is 10.3 Å². The van der Waals surface area contributed by atoms with Crippen LogP contribution in [0.4, 0.5) is 5.69 Å². The van der Waals surface area contributed by atoms with Gasteiger partial charge in [0.1, 0.15) is 4.90 Å². The molecule has 0 bridgehead atoms. The molecule has 2 rings (SSSR count). The first-order valence-corrected chi connectivity index (χ1v) is 7.27. The van der Waals surface area contributed by atoms with Crippen LogP contribution in [0, 0.1) is 0 Å². The summed E-state index contributed by atoms with van der Waals surface area (Å²) in [6.07, 6.45) is 2.71. The fourth-order valence-corrected chi connectivity index (χ4v) is 2.37. The van der Waals surface area contributed by atoms with Crippen molar-refractivity contribution in [2.75, 3.05) is 5.43 Å². The minimum atomic E-state index is -3.60. The predicted octanol–water partition coefficient (Wildman–Crippen LogP) is 1.49. The highest BCUT2D eigenvalue weighted by molar-refractivity contribution is 9.10. The van der Waals surface area contributed by atoms with Crippen molar-refractivity contribution in [2.45, 2.75) is 4.90 Å². The Morgan fingerprint density at radius 2 is 1.94 bits per heavy atom. The number of anilines is 1. The Hall–Kier alpha value is -1.38. The van der Waals surface area contributed by atoms with Crippen LogP contribution in [0.1, 0.15) is 0 Å². The van der Waals surface area contributed by atoms with Crippen molar-refractivity contribution in [1.29, 1.82) is 0 Å². The maximum Gasteiger partial charge on any atom is 0.260 e. The summed E-state index contributed by atoms with van der Waals surface area (Å²) in [6.45, 7) is 0. The van der Waals surface area contributed by atoms with Crippen LogP contribution in [-0.2, 0) is 17.1 Å². The summed E-state index contributed by atoms with van der Waals surface area (Å²) >= 11 is 3.30. The van der Waals surface area contributed by atoms with Crippen molar-refractivity contribution in [3.05, 3.63) is 41.1 Å². The second kappa shape index (κ2) is 5.09. The smallest absolute Gasteiger partial charge is 0.260 e. The Morgan fingerprint density at radius 1 is 1.28 bits per heavy atom. The Kier molecular flexibility index (Phi) is 3.69. The molecular weight excluding hydrogens is 320 g/mol. The first kappa shape index (κ1) is 13.1. The van der Waals surface area contributed by atoms with E-state index in [2.05, 4.69) is 31.3 Å². The molecule has 0 spiro atoms. The van der Waals surface area contributed by atoms with E-state index in [-0.39, 0.29) is 4.90 Å². The van der Waals surface area contributed by atoms with Crippen LogP contribution in [0.2, 0.25) is 0 Å². The third-order valence-electron chi connectivity index (χ3n) is 2.17. The molecule has 1 heterocycles. The number of hydrogen-bond donors (Lipinski definition) is 2. The fraction of sp³-hybridized carbons (Fsp3) is 0.100. The number of nitrogens with one attached hydrogen (secondary N) is 2. The minimum absolute atomic E-state index is 0.106. The van der Waals surface area contributed by atoms with Crippen LogP contribution in [0.3, 0.4) is 0 Å². The molecule has 0 amide bonds. The maximum atomic E-state index is 11.8. The Labute approximate surface area is 113 Å². The molecule has 0 unspecified atom stereocenters. The maximum absolute atomic E-state index is 11.8. The molecule has 0 aliphatic rings. The van der Waals surface area contributed by atoms with Crippen molar-refractivity contribution in [2.24, 2.45) is 7.05 Å². The molecule has 0 atom stereocenters. The first-order chi connectivity index (χ1) is 8.47. The summed E-state index contributed by atoms with van der Waals surface area (Å²) in [5.41, 5.74) is 3.27. The van der Waals surface area contributed by atoms with Crippen molar-refractivity contribution < 1.29 is 8.42 Å². The van der Waals surface area contributed by atoms with E-state index in [4.69, 9.17) is 0 Å². The number of aryl methyl sites for hydroxylation is 1. The Bertz CT molecular complexity index is 636. The molecule has 1 aromatic heterocycles. The average Bonchev–Trinajstić information content (AvgIpc) is 2.76. The van der Waals surface area contributed by atoms with Crippen molar-refractivity contribution in [3.8, 4) is 0 Å². The van der Waals surface area contributed by atoms with E-state index in [0.29, 0.717) is 5.69 Å². The molecule has 0 aliphatic heterocycles. The SMILES string of the molecule is Cn1cc(S(=O)(=O)NNc2ccc(Br)cc2)cn1. The quantitative estimate of drug-likeness (QED) is 0.833. The lowest BCUT2D eigenvalue weighted by molar-refractivity contribution is 0.587. The monoisotopic (exact) mass is 330 g/mol. The number of aromatic nitrogens is 2. The van der Waals surface area contributed by atoms with Gasteiger partial charge in [0.05, 0.1) is 6.20 Å². The zero-order valence-electron chi connectivity index (χ0n) is 9.46. The van der Waals surface area contributed by atoms with E-state index in [1.165, 1.54) is 17.1 Å². The average molecular weight is 331 g/mol. The predicted molar refractivity (Wildman–Crippen MR) is 71.3 cm³/mol. The van der Waals surface area contributed by atoms with E-state index >= 15 is 0 Å². The summed E-state index contributed by atoms with van der Waals surface area (Å²) in [7, 11) is -1.95. The van der Waals surface area contributed by atoms with Crippen LogP contribution in [-0.4, -0.2) is 18.2 Å². The standard InChI is InChI=1S/C10H11BrN4O2S/c1-15-7-10(6-12-15)18(16,17)14-13-9-4-2-8(11)3-5-9/h2-7,13-14H,1H3. The minimum Gasteiger partial charge on any atom is -0.308 e. The second-order valence-electron chi connectivity index (χ2n) is 3.59. The van der Waals surface area contributed by atoms with Gasteiger partial charge < -0.3 is 5.43 Å². The summed E-state index contributed by atoms with van der Waals surface area (Å²) in [6, 6.07) is 7.10. The van der Waals surface area contributed by atoms with E-state index in [9.17, 15) is 8.42 Å². The molecule has 18 heavy (non-hydrogen) atoms. The topological polar surface area (TPSA) is 76.0 Å². The van der Waals surface area contributed by atoms with Gasteiger partial charge in [0.25, 0.3) is 10.0 Å². The van der Waals surface area contributed by atoms with Crippen LogP contribution in [0.25, 0.3) is 0 Å². The Balaban J connectivity index is 2.08. The number of nitrogens with zero attached hydrogens (tertiary/aromatic N) is 2. The van der Waals surface area contributed by atoms with Gasteiger partial charge in [-0.25, -0.2) is 8.42 Å². The number of sulfonamides is 1. The Morgan fingerprint density at radius 3 is 2.50 bits per heavy atom. The highest BCUT2D eigenvalue weighted by Crippen LogP contribution is 2.14. The van der Waals surface area contributed by atoms with Gasteiger partial charge >= 0.3 is 0 Å².